The van der Waals surface area contributed by atoms with E-state index < -0.39 is 0 Å². The maximum absolute atomic E-state index is 5.98. The number of nitrogen functional groups attached to an aromatic ring is 1. The molecule has 0 bridgehead atoms. The van der Waals surface area contributed by atoms with Crippen LogP contribution in [0.1, 0.15) is 34.6 Å². The van der Waals surface area contributed by atoms with E-state index in [4.69, 9.17) is 10.5 Å². The molecular formula is C14H27N5O. The van der Waals surface area contributed by atoms with Crippen molar-refractivity contribution in [1.82, 2.24) is 14.9 Å². The molecule has 1 heterocycles. The number of anilines is 2. The lowest BCUT2D eigenvalue weighted by Gasteiger charge is -2.30. The SMILES string of the molecule is CCOc1ncnc(NCCN(C(C)C)C(C)C)c1N. The van der Waals surface area contributed by atoms with Crippen LogP contribution >= 0.6 is 0 Å². The van der Waals surface area contributed by atoms with E-state index in [1.807, 2.05) is 6.92 Å². The van der Waals surface area contributed by atoms with Gasteiger partial charge in [-0.15, -0.1) is 0 Å². The fourth-order valence-electron chi connectivity index (χ4n) is 2.19. The first-order chi connectivity index (χ1) is 9.47. The summed E-state index contributed by atoms with van der Waals surface area (Å²) in [6, 6.07) is 1.03. The molecule has 0 fully saturated rings. The minimum absolute atomic E-state index is 0.439. The monoisotopic (exact) mass is 281 g/mol. The summed E-state index contributed by atoms with van der Waals surface area (Å²) in [5.41, 5.74) is 6.45. The highest BCUT2D eigenvalue weighted by molar-refractivity contribution is 5.66. The maximum atomic E-state index is 5.98. The van der Waals surface area contributed by atoms with Crippen LogP contribution in [0.4, 0.5) is 11.5 Å². The molecule has 0 aliphatic heterocycles. The average Bonchev–Trinajstić information content (AvgIpc) is 2.38. The molecule has 1 aromatic rings. The topological polar surface area (TPSA) is 76.3 Å². The van der Waals surface area contributed by atoms with Crippen molar-refractivity contribution >= 4 is 11.5 Å². The predicted octanol–water partition coefficient (Wildman–Crippen LogP) is 1.99. The molecule has 3 N–H and O–H groups in total. The molecule has 0 atom stereocenters. The Morgan fingerprint density at radius 1 is 1.25 bits per heavy atom. The number of rotatable bonds is 8. The van der Waals surface area contributed by atoms with E-state index in [9.17, 15) is 0 Å². The molecule has 0 aliphatic rings. The van der Waals surface area contributed by atoms with Crippen molar-refractivity contribution in [3.05, 3.63) is 6.33 Å². The Balaban J connectivity index is 2.59. The van der Waals surface area contributed by atoms with E-state index in [0.29, 0.717) is 36.1 Å². The lowest BCUT2D eigenvalue weighted by Crippen LogP contribution is -2.40. The first kappa shape index (κ1) is 16.5. The van der Waals surface area contributed by atoms with Crippen LogP contribution in [-0.2, 0) is 0 Å². The summed E-state index contributed by atoms with van der Waals surface area (Å²) in [4.78, 5) is 10.6. The Morgan fingerprint density at radius 3 is 2.45 bits per heavy atom. The number of hydrogen-bond acceptors (Lipinski definition) is 6. The van der Waals surface area contributed by atoms with Gasteiger partial charge in [-0.25, -0.2) is 4.98 Å². The van der Waals surface area contributed by atoms with Gasteiger partial charge < -0.3 is 15.8 Å². The van der Waals surface area contributed by atoms with Gasteiger partial charge >= 0.3 is 0 Å². The number of nitrogens with two attached hydrogens (primary N) is 1. The van der Waals surface area contributed by atoms with Gasteiger partial charge in [0.1, 0.15) is 12.0 Å². The quantitative estimate of drug-likeness (QED) is 0.759. The Bertz CT molecular complexity index is 401. The summed E-state index contributed by atoms with van der Waals surface area (Å²) in [6.45, 7) is 13.0. The third kappa shape index (κ3) is 4.52. The zero-order valence-corrected chi connectivity index (χ0v) is 13.2. The van der Waals surface area contributed by atoms with Crippen molar-refractivity contribution in [2.45, 2.75) is 46.7 Å². The summed E-state index contributed by atoms with van der Waals surface area (Å²) in [5.74, 6) is 1.07. The molecule has 0 aromatic carbocycles. The lowest BCUT2D eigenvalue weighted by atomic mass is 10.2. The van der Waals surface area contributed by atoms with Crippen LogP contribution in [-0.4, -0.2) is 46.6 Å². The molecule has 0 amide bonds. The Kier molecular flexibility index (Phi) is 6.51. The number of ether oxygens (including phenoxy) is 1. The highest BCUT2D eigenvalue weighted by Crippen LogP contribution is 2.24. The maximum Gasteiger partial charge on any atom is 0.242 e. The van der Waals surface area contributed by atoms with Crippen LogP contribution in [0.15, 0.2) is 6.33 Å². The van der Waals surface area contributed by atoms with Gasteiger partial charge in [0.25, 0.3) is 0 Å². The molecule has 0 radical (unpaired) electrons. The highest BCUT2D eigenvalue weighted by Gasteiger charge is 2.13. The van der Waals surface area contributed by atoms with E-state index in [-0.39, 0.29) is 0 Å². The summed E-state index contributed by atoms with van der Waals surface area (Å²) >= 11 is 0. The fourth-order valence-corrected chi connectivity index (χ4v) is 2.19. The van der Waals surface area contributed by atoms with Crippen LogP contribution in [0.25, 0.3) is 0 Å². The van der Waals surface area contributed by atoms with Crippen LogP contribution in [0, 0.1) is 0 Å². The Labute approximate surface area is 121 Å². The second-order valence-corrected chi connectivity index (χ2v) is 5.23. The van der Waals surface area contributed by atoms with Gasteiger partial charge in [0.2, 0.25) is 5.88 Å². The third-order valence-electron chi connectivity index (χ3n) is 3.12. The highest BCUT2D eigenvalue weighted by atomic mass is 16.5. The van der Waals surface area contributed by atoms with Crippen molar-refractivity contribution in [1.29, 1.82) is 0 Å². The molecule has 1 aromatic heterocycles. The first-order valence-corrected chi connectivity index (χ1v) is 7.20. The van der Waals surface area contributed by atoms with Crippen LogP contribution in [0.3, 0.4) is 0 Å². The Hall–Kier alpha value is -1.56. The summed E-state index contributed by atoms with van der Waals surface area (Å²) in [5, 5.41) is 3.25. The van der Waals surface area contributed by atoms with Gasteiger partial charge in [-0.2, -0.15) is 4.98 Å². The molecule has 0 saturated heterocycles. The normalized spacial score (nSPS) is 11.4. The molecule has 6 heteroatoms. The van der Waals surface area contributed by atoms with E-state index in [1.165, 1.54) is 6.33 Å². The van der Waals surface area contributed by atoms with Gasteiger partial charge in [0, 0.05) is 25.2 Å². The van der Waals surface area contributed by atoms with Crippen molar-refractivity contribution < 1.29 is 4.74 Å². The Morgan fingerprint density at radius 2 is 1.90 bits per heavy atom. The molecule has 20 heavy (non-hydrogen) atoms. The van der Waals surface area contributed by atoms with Gasteiger partial charge in [-0.1, -0.05) is 0 Å². The standard InChI is InChI=1S/C14H27N5O/c1-6-20-14-12(15)13(17-9-18-14)16-7-8-19(10(2)3)11(4)5/h9-11H,6-8,15H2,1-5H3,(H,16,17,18). The van der Waals surface area contributed by atoms with Gasteiger partial charge in [0.05, 0.1) is 6.61 Å². The number of hydrogen-bond donors (Lipinski definition) is 2. The van der Waals surface area contributed by atoms with Crippen molar-refractivity contribution in [2.75, 3.05) is 30.7 Å². The fraction of sp³-hybridized carbons (Fsp3) is 0.714. The molecule has 0 aliphatic carbocycles. The molecule has 6 nitrogen and oxygen atoms in total. The second-order valence-electron chi connectivity index (χ2n) is 5.23. The summed E-state index contributed by atoms with van der Waals surface area (Å²) < 4.78 is 5.35. The number of nitrogens with zero attached hydrogens (tertiary/aromatic N) is 3. The summed E-state index contributed by atoms with van der Waals surface area (Å²) in [6.07, 6.45) is 1.46. The lowest BCUT2D eigenvalue weighted by molar-refractivity contribution is 0.182. The van der Waals surface area contributed by atoms with Crippen molar-refractivity contribution in [2.24, 2.45) is 0 Å². The molecule has 1 rings (SSSR count). The first-order valence-electron chi connectivity index (χ1n) is 7.20. The van der Waals surface area contributed by atoms with E-state index in [0.717, 1.165) is 13.1 Å². The van der Waals surface area contributed by atoms with E-state index >= 15 is 0 Å². The zero-order chi connectivity index (χ0) is 15.1. The average molecular weight is 281 g/mol. The smallest absolute Gasteiger partial charge is 0.242 e. The number of aromatic nitrogens is 2. The van der Waals surface area contributed by atoms with E-state index in [2.05, 4.69) is 47.9 Å². The molecular weight excluding hydrogens is 254 g/mol. The minimum Gasteiger partial charge on any atom is -0.476 e. The van der Waals surface area contributed by atoms with Crippen molar-refractivity contribution in [3.8, 4) is 5.88 Å². The molecule has 0 unspecified atom stereocenters. The zero-order valence-electron chi connectivity index (χ0n) is 13.2. The van der Waals surface area contributed by atoms with Gasteiger partial charge in [-0.3, -0.25) is 4.90 Å². The predicted molar refractivity (Wildman–Crippen MR) is 83.1 cm³/mol. The minimum atomic E-state index is 0.439. The van der Waals surface area contributed by atoms with E-state index in [1.54, 1.807) is 0 Å². The molecule has 114 valence electrons. The van der Waals surface area contributed by atoms with Gasteiger partial charge in [-0.05, 0) is 34.6 Å². The van der Waals surface area contributed by atoms with Gasteiger partial charge in [0.15, 0.2) is 5.82 Å². The van der Waals surface area contributed by atoms with Crippen LogP contribution < -0.4 is 15.8 Å². The van der Waals surface area contributed by atoms with Crippen LogP contribution in [0.2, 0.25) is 0 Å². The molecule has 0 spiro atoms. The third-order valence-corrected chi connectivity index (χ3v) is 3.12. The number of nitrogens with one attached hydrogen (secondary N) is 1. The second kappa shape index (κ2) is 7.89. The summed E-state index contributed by atoms with van der Waals surface area (Å²) in [7, 11) is 0. The van der Waals surface area contributed by atoms with Crippen LogP contribution in [0.5, 0.6) is 5.88 Å². The largest absolute Gasteiger partial charge is 0.476 e. The van der Waals surface area contributed by atoms with Crippen molar-refractivity contribution in [3.63, 3.8) is 0 Å². The molecule has 0 saturated carbocycles.